The quantitative estimate of drug-likeness (QED) is 0.711. The molecule has 0 amide bonds. The Bertz CT molecular complexity index is 276. The first kappa shape index (κ1) is 9.77. The lowest BCUT2D eigenvalue weighted by Gasteiger charge is -2.15. The van der Waals surface area contributed by atoms with E-state index in [1.807, 2.05) is 0 Å². The summed E-state index contributed by atoms with van der Waals surface area (Å²) in [5.41, 5.74) is 6.59. The SMILES string of the molecule is CC(Nc1ccccc1N)C(F)F. The number of benzene rings is 1. The first-order valence-corrected chi connectivity index (χ1v) is 4.00. The Hall–Kier alpha value is -1.32. The van der Waals surface area contributed by atoms with E-state index in [2.05, 4.69) is 5.32 Å². The Balaban J connectivity index is 2.69. The van der Waals surface area contributed by atoms with Crippen molar-refractivity contribution in [2.45, 2.75) is 19.4 Å². The van der Waals surface area contributed by atoms with Crippen molar-refractivity contribution in [2.75, 3.05) is 11.1 Å². The van der Waals surface area contributed by atoms with Crippen LogP contribution in [0.1, 0.15) is 6.92 Å². The number of halogens is 2. The van der Waals surface area contributed by atoms with E-state index < -0.39 is 12.5 Å². The van der Waals surface area contributed by atoms with Crippen molar-refractivity contribution in [1.82, 2.24) is 0 Å². The van der Waals surface area contributed by atoms with Crippen molar-refractivity contribution < 1.29 is 8.78 Å². The molecule has 1 rings (SSSR count). The Labute approximate surface area is 75.7 Å². The summed E-state index contributed by atoms with van der Waals surface area (Å²) < 4.78 is 24.3. The summed E-state index contributed by atoms with van der Waals surface area (Å²) in [5, 5.41) is 2.63. The fraction of sp³-hybridized carbons (Fsp3) is 0.333. The predicted molar refractivity (Wildman–Crippen MR) is 49.9 cm³/mol. The molecule has 0 aliphatic heterocycles. The number of hydrogen-bond donors (Lipinski definition) is 2. The number of rotatable bonds is 3. The Morgan fingerprint density at radius 2 is 1.92 bits per heavy atom. The molecule has 2 nitrogen and oxygen atoms in total. The van der Waals surface area contributed by atoms with Crippen molar-refractivity contribution >= 4 is 11.4 Å². The van der Waals surface area contributed by atoms with E-state index in [4.69, 9.17) is 5.73 Å². The predicted octanol–water partition coefficient (Wildman–Crippen LogP) is 2.33. The van der Waals surface area contributed by atoms with Gasteiger partial charge >= 0.3 is 0 Å². The molecule has 0 fully saturated rings. The van der Waals surface area contributed by atoms with Crippen molar-refractivity contribution in [3.8, 4) is 0 Å². The molecule has 0 saturated carbocycles. The minimum Gasteiger partial charge on any atom is -0.397 e. The van der Waals surface area contributed by atoms with Crippen molar-refractivity contribution in [2.24, 2.45) is 0 Å². The summed E-state index contributed by atoms with van der Waals surface area (Å²) >= 11 is 0. The highest BCUT2D eigenvalue weighted by Gasteiger charge is 2.14. The number of para-hydroxylation sites is 2. The largest absolute Gasteiger partial charge is 0.397 e. The maximum absolute atomic E-state index is 12.1. The first-order chi connectivity index (χ1) is 6.11. The van der Waals surface area contributed by atoms with Crippen LogP contribution in [0.15, 0.2) is 24.3 Å². The average Bonchev–Trinajstić information content (AvgIpc) is 2.08. The van der Waals surface area contributed by atoms with E-state index in [9.17, 15) is 8.78 Å². The Kier molecular flexibility index (Phi) is 3.06. The van der Waals surface area contributed by atoms with E-state index in [-0.39, 0.29) is 0 Å². The molecule has 1 aromatic rings. The summed E-state index contributed by atoms with van der Waals surface area (Å²) in [7, 11) is 0. The second-order valence-corrected chi connectivity index (χ2v) is 2.85. The molecule has 72 valence electrons. The number of nitrogen functional groups attached to an aromatic ring is 1. The molecule has 13 heavy (non-hydrogen) atoms. The molecule has 0 heterocycles. The molecule has 1 aromatic carbocycles. The van der Waals surface area contributed by atoms with Crippen molar-refractivity contribution in [3.63, 3.8) is 0 Å². The summed E-state index contributed by atoms with van der Waals surface area (Å²) in [5.74, 6) is 0. The zero-order chi connectivity index (χ0) is 9.84. The van der Waals surface area contributed by atoms with Crippen LogP contribution in [0.5, 0.6) is 0 Å². The third kappa shape index (κ3) is 2.57. The van der Waals surface area contributed by atoms with Crippen LogP contribution in [0.3, 0.4) is 0 Å². The molecule has 1 unspecified atom stereocenters. The summed E-state index contributed by atoms with van der Waals surface area (Å²) in [4.78, 5) is 0. The lowest BCUT2D eigenvalue weighted by Crippen LogP contribution is -2.24. The van der Waals surface area contributed by atoms with Crippen LogP contribution in [0.25, 0.3) is 0 Å². The van der Waals surface area contributed by atoms with Gasteiger partial charge in [-0.3, -0.25) is 0 Å². The average molecular weight is 186 g/mol. The fourth-order valence-electron chi connectivity index (χ4n) is 0.937. The van der Waals surface area contributed by atoms with E-state index in [1.165, 1.54) is 6.92 Å². The van der Waals surface area contributed by atoms with Crippen LogP contribution in [0.4, 0.5) is 20.2 Å². The number of alkyl halides is 2. The van der Waals surface area contributed by atoms with E-state index in [1.54, 1.807) is 24.3 Å². The Morgan fingerprint density at radius 3 is 2.46 bits per heavy atom. The van der Waals surface area contributed by atoms with Crippen LogP contribution in [0, 0.1) is 0 Å². The van der Waals surface area contributed by atoms with Gasteiger partial charge in [0.05, 0.1) is 17.4 Å². The molecular weight excluding hydrogens is 174 g/mol. The number of nitrogens with two attached hydrogens (primary N) is 1. The molecule has 0 aliphatic rings. The molecule has 4 heteroatoms. The molecule has 0 bridgehead atoms. The molecule has 0 spiro atoms. The highest BCUT2D eigenvalue weighted by molar-refractivity contribution is 5.65. The van der Waals surface area contributed by atoms with Gasteiger partial charge in [-0.2, -0.15) is 0 Å². The lowest BCUT2D eigenvalue weighted by molar-refractivity contribution is 0.131. The third-order valence-corrected chi connectivity index (χ3v) is 1.72. The molecule has 0 aromatic heterocycles. The minimum atomic E-state index is -2.39. The van der Waals surface area contributed by atoms with Crippen LogP contribution < -0.4 is 11.1 Å². The molecule has 3 N–H and O–H groups in total. The second kappa shape index (κ2) is 4.07. The molecule has 0 radical (unpaired) electrons. The Morgan fingerprint density at radius 1 is 1.31 bits per heavy atom. The van der Waals surface area contributed by atoms with E-state index in [0.29, 0.717) is 11.4 Å². The number of nitrogens with one attached hydrogen (secondary N) is 1. The van der Waals surface area contributed by atoms with Crippen molar-refractivity contribution in [3.05, 3.63) is 24.3 Å². The van der Waals surface area contributed by atoms with Gasteiger partial charge in [-0.05, 0) is 19.1 Å². The minimum absolute atomic E-state index is 0.481. The van der Waals surface area contributed by atoms with Crippen LogP contribution >= 0.6 is 0 Å². The third-order valence-electron chi connectivity index (χ3n) is 1.72. The van der Waals surface area contributed by atoms with Gasteiger partial charge in [-0.25, -0.2) is 8.78 Å². The summed E-state index contributed by atoms with van der Waals surface area (Å²) in [6.45, 7) is 1.41. The van der Waals surface area contributed by atoms with Gasteiger partial charge in [-0.15, -0.1) is 0 Å². The van der Waals surface area contributed by atoms with Crippen molar-refractivity contribution in [1.29, 1.82) is 0 Å². The zero-order valence-corrected chi connectivity index (χ0v) is 7.30. The van der Waals surface area contributed by atoms with Crippen LogP contribution in [-0.4, -0.2) is 12.5 Å². The topological polar surface area (TPSA) is 38.0 Å². The van der Waals surface area contributed by atoms with Gasteiger partial charge < -0.3 is 11.1 Å². The lowest BCUT2D eigenvalue weighted by atomic mass is 10.2. The van der Waals surface area contributed by atoms with Crippen LogP contribution in [0.2, 0.25) is 0 Å². The highest BCUT2D eigenvalue weighted by Crippen LogP contribution is 2.19. The number of anilines is 2. The first-order valence-electron chi connectivity index (χ1n) is 4.00. The van der Waals surface area contributed by atoms with Gasteiger partial charge in [0.25, 0.3) is 6.43 Å². The van der Waals surface area contributed by atoms with Crippen LogP contribution in [-0.2, 0) is 0 Å². The summed E-state index contributed by atoms with van der Waals surface area (Å²) in [6.07, 6.45) is -2.39. The smallest absolute Gasteiger partial charge is 0.258 e. The maximum atomic E-state index is 12.1. The van der Waals surface area contributed by atoms with Gasteiger partial charge in [0, 0.05) is 0 Å². The molecule has 1 atom stereocenters. The number of hydrogen-bond acceptors (Lipinski definition) is 2. The molecule has 0 aliphatic carbocycles. The fourth-order valence-corrected chi connectivity index (χ4v) is 0.937. The normalized spacial score (nSPS) is 12.9. The zero-order valence-electron chi connectivity index (χ0n) is 7.30. The highest BCUT2D eigenvalue weighted by atomic mass is 19.3. The van der Waals surface area contributed by atoms with E-state index >= 15 is 0 Å². The molecule has 0 saturated heterocycles. The second-order valence-electron chi connectivity index (χ2n) is 2.85. The van der Waals surface area contributed by atoms with E-state index in [0.717, 1.165) is 0 Å². The van der Waals surface area contributed by atoms with Gasteiger partial charge in [0.2, 0.25) is 0 Å². The monoisotopic (exact) mass is 186 g/mol. The molecular formula is C9H12F2N2. The van der Waals surface area contributed by atoms with Gasteiger partial charge in [-0.1, -0.05) is 12.1 Å². The summed E-state index contributed by atoms with van der Waals surface area (Å²) in [6, 6.07) is 5.96. The standard InChI is InChI=1S/C9H12F2N2/c1-6(9(10)11)13-8-5-3-2-4-7(8)12/h2-6,9,13H,12H2,1H3. The van der Waals surface area contributed by atoms with Gasteiger partial charge in [0.1, 0.15) is 0 Å². The maximum Gasteiger partial charge on any atom is 0.258 e. The van der Waals surface area contributed by atoms with Gasteiger partial charge in [0.15, 0.2) is 0 Å².